The molecule has 1 unspecified atom stereocenters. The van der Waals surface area contributed by atoms with Crippen LogP contribution in [0, 0.1) is 0 Å². The Bertz CT molecular complexity index is 493. The molecule has 0 aliphatic heterocycles. The summed E-state index contributed by atoms with van der Waals surface area (Å²) in [5.74, 6) is 0. The fourth-order valence-corrected chi connectivity index (χ4v) is 2.33. The van der Waals surface area contributed by atoms with Gasteiger partial charge in [-0.2, -0.15) is 5.10 Å². The Morgan fingerprint density at radius 1 is 1.41 bits per heavy atom. The van der Waals surface area contributed by atoms with Crippen LogP contribution in [0.25, 0.3) is 0 Å². The van der Waals surface area contributed by atoms with Gasteiger partial charge in [0.25, 0.3) is 0 Å². The van der Waals surface area contributed by atoms with Crippen molar-refractivity contribution in [2.24, 2.45) is 5.73 Å². The van der Waals surface area contributed by atoms with Gasteiger partial charge in [-0.1, -0.05) is 41.1 Å². The number of aromatic nitrogens is 2. The SMILES string of the molecule is CCCn1cc(C(N)c2ccccc2Br)cn1. The lowest BCUT2D eigenvalue weighted by Crippen LogP contribution is -2.11. The first-order valence-electron chi connectivity index (χ1n) is 5.74. The normalized spacial score (nSPS) is 12.6. The summed E-state index contributed by atoms with van der Waals surface area (Å²) in [7, 11) is 0. The second-order valence-electron chi connectivity index (χ2n) is 4.04. The average molecular weight is 294 g/mol. The molecule has 0 aliphatic carbocycles. The third kappa shape index (κ3) is 2.76. The van der Waals surface area contributed by atoms with Crippen LogP contribution in [-0.4, -0.2) is 9.78 Å². The monoisotopic (exact) mass is 293 g/mol. The number of benzene rings is 1. The Labute approximate surface area is 110 Å². The number of hydrogen-bond acceptors (Lipinski definition) is 2. The van der Waals surface area contributed by atoms with Crippen molar-refractivity contribution in [3.8, 4) is 0 Å². The van der Waals surface area contributed by atoms with Crippen LogP contribution in [0.5, 0.6) is 0 Å². The molecule has 0 aliphatic rings. The molecule has 2 N–H and O–H groups in total. The number of nitrogens with two attached hydrogens (primary N) is 1. The van der Waals surface area contributed by atoms with Crippen molar-refractivity contribution in [3.05, 3.63) is 52.3 Å². The molecule has 2 aromatic rings. The lowest BCUT2D eigenvalue weighted by atomic mass is 10.0. The van der Waals surface area contributed by atoms with Crippen LogP contribution in [0.4, 0.5) is 0 Å². The van der Waals surface area contributed by atoms with Gasteiger partial charge in [0, 0.05) is 22.8 Å². The number of hydrogen-bond donors (Lipinski definition) is 1. The molecule has 0 saturated heterocycles. The van der Waals surface area contributed by atoms with Gasteiger partial charge in [-0.25, -0.2) is 0 Å². The Morgan fingerprint density at radius 3 is 2.88 bits per heavy atom. The molecule has 0 radical (unpaired) electrons. The highest BCUT2D eigenvalue weighted by atomic mass is 79.9. The summed E-state index contributed by atoms with van der Waals surface area (Å²) < 4.78 is 2.97. The predicted octanol–water partition coefficient (Wildman–Crippen LogP) is 3.10. The van der Waals surface area contributed by atoms with Gasteiger partial charge in [0.2, 0.25) is 0 Å². The maximum absolute atomic E-state index is 6.24. The molecular formula is C13H16BrN3. The van der Waals surface area contributed by atoms with Gasteiger partial charge in [-0.3, -0.25) is 4.68 Å². The van der Waals surface area contributed by atoms with Crippen molar-refractivity contribution in [2.45, 2.75) is 25.9 Å². The topological polar surface area (TPSA) is 43.8 Å². The summed E-state index contributed by atoms with van der Waals surface area (Å²) in [6.45, 7) is 3.07. The van der Waals surface area contributed by atoms with Crippen LogP contribution in [0.3, 0.4) is 0 Å². The fourth-order valence-electron chi connectivity index (χ4n) is 1.80. The Balaban J connectivity index is 2.24. The molecule has 1 aromatic carbocycles. The van der Waals surface area contributed by atoms with Crippen molar-refractivity contribution in [3.63, 3.8) is 0 Å². The Kier molecular flexibility index (Phi) is 3.97. The van der Waals surface area contributed by atoms with Crippen molar-refractivity contribution >= 4 is 15.9 Å². The molecule has 0 saturated carbocycles. The smallest absolute Gasteiger partial charge is 0.0594 e. The van der Waals surface area contributed by atoms with Crippen molar-refractivity contribution < 1.29 is 0 Å². The molecule has 1 aromatic heterocycles. The molecule has 17 heavy (non-hydrogen) atoms. The van der Waals surface area contributed by atoms with Crippen LogP contribution in [0.2, 0.25) is 0 Å². The van der Waals surface area contributed by atoms with Crippen molar-refractivity contribution in [2.75, 3.05) is 0 Å². The third-order valence-electron chi connectivity index (χ3n) is 2.71. The van der Waals surface area contributed by atoms with E-state index in [4.69, 9.17) is 5.73 Å². The molecular weight excluding hydrogens is 278 g/mol. The molecule has 0 bridgehead atoms. The first-order chi connectivity index (χ1) is 8.22. The Hall–Kier alpha value is -1.13. The number of aryl methyl sites for hydroxylation is 1. The summed E-state index contributed by atoms with van der Waals surface area (Å²) in [6, 6.07) is 7.89. The van der Waals surface area contributed by atoms with Gasteiger partial charge in [0.1, 0.15) is 0 Å². The van der Waals surface area contributed by atoms with Gasteiger partial charge >= 0.3 is 0 Å². The van der Waals surface area contributed by atoms with Gasteiger partial charge in [0.15, 0.2) is 0 Å². The summed E-state index contributed by atoms with van der Waals surface area (Å²) >= 11 is 3.52. The zero-order valence-electron chi connectivity index (χ0n) is 9.81. The first kappa shape index (κ1) is 12.3. The van der Waals surface area contributed by atoms with E-state index in [0.717, 1.165) is 28.6 Å². The lowest BCUT2D eigenvalue weighted by Gasteiger charge is -2.11. The average Bonchev–Trinajstić information content (AvgIpc) is 2.78. The van der Waals surface area contributed by atoms with Crippen LogP contribution in [-0.2, 0) is 6.54 Å². The maximum Gasteiger partial charge on any atom is 0.0594 e. The molecule has 0 fully saturated rings. The van der Waals surface area contributed by atoms with E-state index in [9.17, 15) is 0 Å². The maximum atomic E-state index is 6.24. The highest BCUT2D eigenvalue weighted by Gasteiger charge is 2.13. The molecule has 1 heterocycles. The van der Waals surface area contributed by atoms with Crippen molar-refractivity contribution in [1.82, 2.24) is 9.78 Å². The van der Waals surface area contributed by atoms with Gasteiger partial charge in [-0.05, 0) is 18.1 Å². The summed E-state index contributed by atoms with van der Waals surface area (Å²) in [4.78, 5) is 0. The Morgan fingerprint density at radius 2 is 2.18 bits per heavy atom. The van der Waals surface area contributed by atoms with Gasteiger partial charge in [-0.15, -0.1) is 0 Å². The predicted molar refractivity (Wildman–Crippen MR) is 72.7 cm³/mol. The van der Waals surface area contributed by atoms with E-state index >= 15 is 0 Å². The lowest BCUT2D eigenvalue weighted by molar-refractivity contribution is 0.602. The van der Waals surface area contributed by atoms with E-state index in [2.05, 4.69) is 28.0 Å². The van der Waals surface area contributed by atoms with Gasteiger partial charge < -0.3 is 5.73 Å². The minimum absolute atomic E-state index is 0.129. The van der Waals surface area contributed by atoms with E-state index in [0.29, 0.717) is 0 Å². The fraction of sp³-hybridized carbons (Fsp3) is 0.308. The zero-order chi connectivity index (χ0) is 12.3. The minimum Gasteiger partial charge on any atom is -0.320 e. The van der Waals surface area contributed by atoms with Crippen LogP contribution in [0.1, 0.15) is 30.5 Å². The zero-order valence-corrected chi connectivity index (χ0v) is 11.4. The largest absolute Gasteiger partial charge is 0.320 e. The molecule has 4 heteroatoms. The summed E-state index contributed by atoms with van der Waals surface area (Å²) in [5.41, 5.74) is 8.38. The molecule has 2 rings (SSSR count). The van der Waals surface area contributed by atoms with E-state index in [1.807, 2.05) is 41.3 Å². The molecule has 3 nitrogen and oxygen atoms in total. The van der Waals surface area contributed by atoms with Crippen LogP contribution < -0.4 is 5.73 Å². The summed E-state index contributed by atoms with van der Waals surface area (Å²) in [6.07, 6.45) is 4.94. The third-order valence-corrected chi connectivity index (χ3v) is 3.43. The number of rotatable bonds is 4. The first-order valence-corrected chi connectivity index (χ1v) is 6.54. The number of halogens is 1. The van der Waals surface area contributed by atoms with Gasteiger partial charge in [0.05, 0.1) is 12.2 Å². The van der Waals surface area contributed by atoms with Crippen LogP contribution >= 0.6 is 15.9 Å². The van der Waals surface area contributed by atoms with E-state index in [1.54, 1.807) is 0 Å². The highest BCUT2D eigenvalue weighted by molar-refractivity contribution is 9.10. The van der Waals surface area contributed by atoms with Crippen molar-refractivity contribution in [1.29, 1.82) is 0 Å². The quantitative estimate of drug-likeness (QED) is 0.941. The second kappa shape index (κ2) is 5.47. The van der Waals surface area contributed by atoms with Crippen LogP contribution in [0.15, 0.2) is 41.1 Å². The second-order valence-corrected chi connectivity index (χ2v) is 4.89. The number of nitrogens with zero attached hydrogens (tertiary/aromatic N) is 2. The van der Waals surface area contributed by atoms with E-state index in [-0.39, 0.29) is 6.04 Å². The minimum atomic E-state index is -0.129. The van der Waals surface area contributed by atoms with E-state index in [1.165, 1.54) is 0 Å². The van der Waals surface area contributed by atoms with E-state index < -0.39 is 0 Å². The molecule has 0 amide bonds. The molecule has 1 atom stereocenters. The molecule has 90 valence electrons. The standard InChI is InChI=1S/C13H16BrN3/c1-2-7-17-9-10(8-16-17)13(15)11-5-3-4-6-12(11)14/h3-6,8-9,13H,2,7,15H2,1H3. The molecule has 0 spiro atoms. The highest BCUT2D eigenvalue weighted by Crippen LogP contribution is 2.26. The summed E-state index contributed by atoms with van der Waals surface area (Å²) in [5, 5.41) is 4.30.